The zero-order valence-corrected chi connectivity index (χ0v) is 16.2. The van der Waals surface area contributed by atoms with Crippen LogP contribution in [0.15, 0.2) is 30.5 Å². The Hall–Kier alpha value is -2.93. The first-order chi connectivity index (χ1) is 12.9. The van der Waals surface area contributed by atoms with Gasteiger partial charge in [-0.3, -0.25) is 9.78 Å². The molecule has 0 aliphatic carbocycles. The first-order valence-electron chi connectivity index (χ1n) is 8.76. The zero-order chi connectivity index (χ0) is 19.8. The van der Waals surface area contributed by atoms with Gasteiger partial charge in [-0.05, 0) is 55.7 Å². The molecular weight excluding hydrogens is 344 g/mol. The fourth-order valence-electron chi connectivity index (χ4n) is 2.63. The number of carbonyl (C=O) groups is 2. The third-order valence-corrected chi connectivity index (χ3v) is 4.21. The summed E-state index contributed by atoms with van der Waals surface area (Å²) in [6.07, 6.45) is 1.77. The lowest BCUT2D eigenvalue weighted by Crippen LogP contribution is -2.30. The Morgan fingerprint density at radius 3 is 2.63 bits per heavy atom. The van der Waals surface area contributed by atoms with Crippen LogP contribution in [-0.4, -0.2) is 37.2 Å². The highest BCUT2D eigenvalue weighted by atomic mass is 16.5. The average Bonchev–Trinajstić information content (AvgIpc) is 2.63. The fourth-order valence-corrected chi connectivity index (χ4v) is 2.63. The molecule has 0 aliphatic heterocycles. The molecule has 2 aromatic rings. The Labute approximate surface area is 159 Å². The van der Waals surface area contributed by atoms with Crippen LogP contribution in [0.1, 0.15) is 32.7 Å². The van der Waals surface area contributed by atoms with Gasteiger partial charge in [-0.2, -0.15) is 0 Å². The van der Waals surface area contributed by atoms with Gasteiger partial charge in [0, 0.05) is 43.3 Å². The highest BCUT2D eigenvalue weighted by molar-refractivity contribution is 5.99. The van der Waals surface area contributed by atoms with Crippen LogP contribution in [0.5, 0.6) is 0 Å². The van der Waals surface area contributed by atoms with E-state index in [1.165, 1.54) is 0 Å². The van der Waals surface area contributed by atoms with Crippen LogP contribution >= 0.6 is 0 Å². The minimum absolute atomic E-state index is 0.199. The lowest BCUT2D eigenvalue weighted by molar-refractivity contribution is 0.0936. The summed E-state index contributed by atoms with van der Waals surface area (Å²) in [5, 5.41) is 8.40. The number of urea groups is 1. The van der Waals surface area contributed by atoms with Gasteiger partial charge in [-0.1, -0.05) is 6.07 Å². The molecule has 7 nitrogen and oxygen atoms in total. The number of anilines is 1. The van der Waals surface area contributed by atoms with Crippen LogP contribution in [0.4, 0.5) is 10.5 Å². The molecular formula is C20H26N4O3. The molecule has 0 aliphatic rings. The van der Waals surface area contributed by atoms with Crippen LogP contribution < -0.4 is 16.0 Å². The standard InChI is InChI=1S/C20H26N4O3/c1-13-10-14(2)22-11-16(13)12-23-20(26)24-18-7-5-6-17(15(18)3)19(25)21-8-9-27-4/h5-7,10-11H,8-9,12H2,1-4H3,(H,21,25)(H2,23,24,26). The first kappa shape index (κ1) is 20.4. The Morgan fingerprint density at radius 2 is 1.93 bits per heavy atom. The van der Waals surface area contributed by atoms with E-state index in [0.29, 0.717) is 36.5 Å². The molecule has 3 amide bonds. The number of aromatic nitrogens is 1. The monoisotopic (exact) mass is 370 g/mol. The number of hydrogen-bond acceptors (Lipinski definition) is 4. The molecule has 0 spiro atoms. The lowest BCUT2D eigenvalue weighted by atomic mass is 10.1. The number of benzene rings is 1. The summed E-state index contributed by atoms with van der Waals surface area (Å²) in [4.78, 5) is 28.8. The molecule has 1 heterocycles. The van der Waals surface area contributed by atoms with Crippen molar-refractivity contribution in [1.82, 2.24) is 15.6 Å². The molecule has 2 rings (SSSR count). The number of amides is 3. The zero-order valence-electron chi connectivity index (χ0n) is 16.2. The summed E-state index contributed by atoms with van der Waals surface area (Å²) in [5.41, 5.74) is 4.79. The van der Waals surface area contributed by atoms with Gasteiger partial charge >= 0.3 is 6.03 Å². The van der Waals surface area contributed by atoms with Gasteiger partial charge in [0.15, 0.2) is 0 Å². The van der Waals surface area contributed by atoms with E-state index >= 15 is 0 Å². The minimum atomic E-state index is -0.338. The summed E-state index contributed by atoms with van der Waals surface area (Å²) < 4.78 is 4.93. The predicted octanol–water partition coefficient (Wildman–Crippen LogP) is 2.70. The molecule has 1 aromatic carbocycles. The number of nitrogens with one attached hydrogen (secondary N) is 3. The lowest BCUT2D eigenvalue weighted by Gasteiger charge is -2.14. The molecule has 3 N–H and O–H groups in total. The Balaban J connectivity index is 1.99. The molecule has 0 saturated carbocycles. The van der Waals surface area contributed by atoms with Crippen molar-refractivity contribution in [3.63, 3.8) is 0 Å². The van der Waals surface area contributed by atoms with E-state index in [0.717, 1.165) is 16.8 Å². The number of hydrogen-bond donors (Lipinski definition) is 3. The number of methoxy groups -OCH3 is 1. The Morgan fingerprint density at radius 1 is 1.15 bits per heavy atom. The first-order valence-corrected chi connectivity index (χ1v) is 8.76. The Kier molecular flexibility index (Phi) is 7.31. The predicted molar refractivity (Wildman–Crippen MR) is 105 cm³/mol. The molecule has 144 valence electrons. The Bertz CT molecular complexity index is 821. The highest BCUT2D eigenvalue weighted by Gasteiger charge is 2.13. The normalized spacial score (nSPS) is 10.4. The quantitative estimate of drug-likeness (QED) is 0.654. The largest absolute Gasteiger partial charge is 0.383 e. The van der Waals surface area contributed by atoms with Crippen LogP contribution in [0, 0.1) is 20.8 Å². The summed E-state index contributed by atoms with van der Waals surface area (Å²) >= 11 is 0. The second-order valence-electron chi connectivity index (χ2n) is 6.29. The number of rotatable bonds is 7. The molecule has 7 heteroatoms. The third kappa shape index (κ3) is 5.79. The second-order valence-corrected chi connectivity index (χ2v) is 6.29. The molecule has 1 aromatic heterocycles. The van der Waals surface area contributed by atoms with Gasteiger partial charge in [-0.25, -0.2) is 4.79 Å². The number of pyridine rings is 1. The van der Waals surface area contributed by atoms with Gasteiger partial charge in [0.1, 0.15) is 0 Å². The summed E-state index contributed by atoms with van der Waals surface area (Å²) in [6.45, 7) is 6.96. The van der Waals surface area contributed by atoms with Gasteiger partial charge in [-0.15, -0.1) is 0 Å². The van der Waals surface area contributed by atoms with Crippen molar-refractivity contribution in [3.05, 3.63) is 58.4 Å². The van der Waals surface area contributed by atoms with Gasteiger partial charge < -0.3 is 20.7 Å². The van der Waals surface area contributed by atoms with Gasteiger partial charge in [0.2, 0.25) is 0 Å². The van der Waals surface area contributed by atoms with Crippen molar-refractivity contribution < 1.29 is 14.3 Å². The fraction of sp³-hybridized carbons (Fsp3) is 0.350. The molecule has 0 saturated heterocycles. The van der Waals surface area contributed by atoms with Gasteiger partial charge in [0.25, 0.3) is 5.91 Å². The van der Waals surface area contributed by atoms with Crippen LogP contribution in [0.2, 0.25) is 0 Å². The van der Waals surface area contributed by atoms with Gasteiger partial charge in [0.05, 0.1) is 6.61 Å². The second kappa shape index (κ2) is 9.68. The summed E-state index contributed by atoms with van der Waals surface area (Å²) in [7, 11) is 1.58. The molecule has 0 radical (unpaired) electrons. The van der Waals surface area contributed by atoms with Crippen molar-refractivity contribution in [1.29, 1.82) is 0 Å². The van der Waals surface area contributed by atoms with Crippen molar-refractivity contribution >= 4 is 17.6 Å². The third-order valence-electron chi connectivity index (χ3n) is 4.21. The minimum Gasteiger partial charge on any atom is -0.383 e. The van der Waals surface area contributed by atoms with Crippen molar-refractivity contribution in [2.75, 3.05) is 25.6 Å². The summed E-state index contributed by atoms with van der Waals surface area (Å²) in [5.74, 6) is -0.199. The number of carbonyl (C=O) groups excluding carboxylic acids is 2. The van der Waals surface area contributed by atoms with E-state index in [-0.39, 0.29) is 11.9 Å². The summed E-state index contributed by atoms with van der Waals surface area (Å²) in [6, 6.07) is 6.86. The van der Waals surface area contributed by atoms with Crippen molar-refractivity contribution in [2.45, 2.75) is 27.3 Å². The van der Waals surface area contributed by atoms with E-state index in [1.54, 1.807) is 38.4 Å². The molecule has 0 bridgehead atoms. The maximum Gasteiger partial charge on any atom is 0.319 e. The smallest absolute Gasteiger partial charge is 0.319 e. The topological polar surface area (TPSA) is 92.4 Å². The maximum absolute atomic E-state index is 12.3. The molecule has 0 atom stereocenters. The van der Waals surface area contributed by atoms with Crippen LogP contribution in [0.3, 0.4) is 0 Å². The van der Waals surface area contributed by atoms with E-state index in [4.69, 9.17) is 4.74 Å². The van der Waals surface area contributed by atoms with Crippen molar-refractivity contribution in [2.24, 2.45) is 0 Å². The number of aryl methyl sites for hydroxylation is 2. The maximum atomic E-state index is 12.3. The number of ether oxygens (including phenoxy) is 1. The SMILES string of the molecule is COCCNC(=O)c1cccc(NC(=O)NCc2cnc(C)cc2C)c1C. The van der Waals surface area contributed by atoms with E-state index in [9.17, 15) is 9.59 Å². The average molecular weight is 370 g/mol. The van der Waals surface area contributed by atoms with E-state index in [1.807, 2.05) is 19.9 Å². The van der Waals surface area contributed by atoms with Crippen LogP contribution in [-0.2, 0) is 11.3 Å². The van der Waals surface area contributed by atoms with E-state index < -0.39 is 0 Å². The van der Waals surface area contributed by atoms with Crippen LogP contribution in [0.25, 0.3) is 0 Å². The molecule has 0 fully saturated rings. The van der Waals surface area contributed by atoms with E-state index in [2.05, 4.69) is 20.9 Å². The molecule has 27 heavy (non-hydrogen) atoms. The van der Waals surface area contributed by atoms with Crippen molar-refractivity contribution in [3.8, 4) is 0 Å². The number of nitrogens with zero attached hydrogens (tertiary/aromatic N) is 1. The highest BCUT2D eigenvalue weighted by Crippen LogP contribution is 2.19. The molecule has 0 unspecified atom stereocenters.